The lowest BCUT2D eigenvalue weighted by atomic mass is 10.0. The van der Waals surface area contributed by atoms with Gasteiger partial charge in [-0.25, -0.2) is 0 Å². The summed E-state index contributed by atoms with van der Waals surface area (Å²) >= 11 is 0. The number of likely N-dealkylation sites (N-methyl/N-ethyl adjacent to an activating group) is 1. The predicted molar refractivity (Wildman–Crippen MR) is 80.6 cm³/mol. The van der Waals surface area contributed by atoms with E-state index in [2.05, 4.69) is 5.32 Å². The molecule has 4 heteroatoms. The first-order valence-corrected chi connectivity index (χ1v) is 6.69. The molecule has 108 valence electrons. The quantitative estimate of drug-likeness (QED) is 0.856. The largest absolute Gasteiger partial charge is 0.455 e. The number of ether oxygens (including phenoxy) is 1. The van der Waals surface area contributed by atoms with E-state index in [0.717, 1.165) is 16.7 Å². The highest BCUT2D eigenvalue weighted by atomic mass is 16.5. The van der Waals surface area contributed by atoms with Gasteiger partial charge in [0.1, 0.15) is 0 Å². The number of carbonyl (C=O) groups excluding carboxylic acids is 2. The molecule has 2 aromatic carbocycles. The molecule has 0 aliphatic rings. The molecule has 0 fully saturated rings. The van der Waals surface area contributed by atoms with Crippen molar-refractivity contribution in [1.82, 2.24) is 5.32 Å². The van der Waals surface area contributed by atoms with Gasteiger partial charge in [0.05, 0.1) is 6.42 Å². The van der Waals surface area contributed by atoms with E-state index < -0.39 is 5.97 Å². The van der Waals surface area contributed by atoms with E-state index in [9.17, 15) is 9.59 Å². The summed E-state index contributed by atoms with van der Waals surface area (Å²) in [5.74, 6) is -0.728. The smallest absolute Gasteiger partial charge is 0.310 e. The number of amides is 1. The molecule has 1 N–H and O–H groups in total. The fraction of sp³-hybridized carbons (Fsp3) is 0.176. The van der Waals surface area contributed by atoms with Gasteiger partial charge in [0.2, 0.25) is 0 Å². The van der Waals surface area contributed by atoms with Crippen LogP contribution in [-0.2, 0) is 20.7 Å². The lowest BCUT2D eigenvalue weighted by molar-refractivity contribution is -0.147. The zero-order valence-electron chi connectivity index (χ0n) is 11.8. The van der Waals surface area contributed by atoms with Crippen molar-refractivity contribution in [2.75, 3.05) is 13.7 Å². The average Bonchev–Trinajstić information content (AvgIpc) is 2.54. The Morgan fingerprint density at radius 2 is 1.57 bits per heavy atom. The second-order valence-corrected chi connectivity index (χ2v) is 4.57. The lowest BCUT2D eigenvalue weighted by Crippen LogP contribution is -2.25. The van der Waals surface area contributed by atoms with E-state index in [1.807, 2.05) is 54.6 Å². The summed E-state index contributed by atoms with van der Waals surface area (Å²) in [7, 11) is 1.50. The monoisotopic (exact) mass is 283 g/mol. The minimum absolute atomic E-state index is 0.159. The van der Waals surface area contributed by atoms with Crippen LogP contribution < -0.4 is 5.32 Å². The van der Waals surface area contributed by atoms with Crippen LogP contribution in [0.2, 0.25) is 0 Å². The molecule has 0 heterocycles. The second-order valence-electron chi connectivity index (χ2n) is 4.57. The highest BCUT2D eigenvalue weighted by Crippen LogP contribution is 2.19. The zero-order chi connectivity index (χ0) is 15.1. The number of benzene rings is 2. The van der Waals surface area contributed by atoms with Crippen molar-refractivity contribution in [3.8, 4) is 11.1 Å². The van der Waals surface area contributed by atoms with Crippen molar-refractivity contribution in [2.45, 2.75) is 6.42 Å². The van der Waals surface area contributed by atoms with Crippen LogP contribution in [0.25, 0.3) is 11.1 Å². The van der Waals surface area contributed by atoms with E-state index in [1.165, 1.54) is 7.05 Å². The Morgan fingerprint density at radius 1 is 0.952 bits per heavy atom. The molecule has 4 nitrogen and oxygen atoms in total. The van der Waals surface area contributed by atoms with Crippen molar-refractivity contribution in [3.63, 3.8) is 0 Å². The first-order chi connectivity index (χ1) is 10.2. The third-order valence-corrected chi connectivity index (χ3v) is 3.05. The van der Waals surface area contributed by atoms with Crippen molar-refractivity contribution in [1.29, 1.82) is 0 Å². The number of carbonyl (C=O) groups is 2. The van der Waals surface area contributed by atoms with Gasteiger partial charge in [-0.15, -0.1) is 0 Å². The molecule has 0 aromatic heterocycles. The van der Waals surface area contributed by atoms with Gasteiger partial charge in [-0.05, 0) is 16.7 Å². The molecular formula is C17H17NO3. The fourth-order valence-electron chi connectivity index (χ4n) is 1.88. The number of nitrogens with one attached hydrogen (secondary N) is 1. The highest BCUT2D eigenvalue weighted by Gasteiger charge is 2.07. The van der Waals surface area contributed by atoms with Crippen molar-refractivity contribution >= 4 is 11.9 Å². The maximum absolute atomic E-state index is 11.6. The van der Waals surface area contributed by atoms with E-state index in [1.54, 1.807) is 0 Å². The van der Waals surface area contributed by atoms with Crippen molar-refractivity contribution in [3.05, 3.63) is 60.2 Å². The van der Waals surface area contributed by atoms with Crippen LogP contribution in [0.5, 0.6) is 0 Å². The molecule has 1 amide bonds. The van der Waals surface area contributed by atoms with Crippen molar-refractivity contribution < 1.29 is 14.3 Å². The maximum atomic E-state index is 11.6. The maximum Gasteiger partial charge on any atom is 0.310 e. The van der Waals surface area contributed by atoms with Gasteiger partial charge in [-0.2, -0.15) is 0 Å². The molecule has 0 aliphatic heterocycles. The van der Waals surface area contributed by atoms with Crippen LogP contribution in [0.4, 0.5) is 0 Å². The van der Waals surface area contributed by atoms with Gasteiger partial charge in [0, 0.05) is 7.05 Å². The van der Waals surface area contributed by atoms with Gasteiger partial charge in [-0.1, -0.05) is 54.6 Å². The summed E-state index contributed by atoms with van der Waals surface area (Å²) in [6.45, 7) is -0.239. The minimum Gasteiger partial charge on any atom is -0.455 e. The third kappa shape index (κ3) is 4.45. The van der Waals surface area contributed by atoms with E-state index in [4.69, 9.17) is 4.74 Å². The number of hydrogen-bond acceptors (Lipinski definition) is 3. The molecular weight excluding hydrogens is 266 g/mol. The Morgan fingerprint density at radius 3 is 2.19 bits per heavy atom. The van der Waals surface area contributed by atoms with Gasteiger partial charge >= 0.3 is 5.97 Å². The zero-order valence-corrected chi connectivity index (χ0v) is 11.8. The molecule has 0 aliphatic carbocycles. The molecule has 2 aromatic rings. The standard InChI is InChI=1S/C17H17NO3/c1-18-16(19)12-21-17(20)11-13-7-9-15(10-8-13)14-5-3-2-4-6-14/h2-10H,11-12H2,1H3,(H,18,19). The van der Waals surface area contributed by atoms with E-state index in [0.29, 0.717) is 0 Å². The normalized spacial score (nSPS) is 9.95. The molecule has 0 spiro atoms. The van der Waals surface area contributed by atoms with Crippen molar-refractivity contribution in [2.24, 2.45) is 0 Å². The average molecular weight is 283 g/mol. The molecule has 0 saturated carbocycles. The summed E-state index contributed by atoms with van der Waals surface area (Å²) in [4.78, 5) is 22.6. The van der Waals surface area contributed by atoms with Crippen LogP contribution in [0, 0.1) is 0 Å². The Bertz CT molecular complexity index is 606. The molecule has 21 heavy (non-hydrogen) atoms. The first kappa shape index (κ1) is 14.8. The topological polar surface area (TPSA) is 55.4 Å². The second kappa shape index (κ2) is 7.24. The van der Waals surface area contributed by atoms with Gasteiger partial charge in [0.25, 0.3) is 5.91 Å². The van der Waals surface area contributed by atoms with Gasteiger partial charge in [0.15, 0.2) is 6.61 Å². The summed E-state index contributed by atoms with van der Waals surface area (Å²) in [6.07, 6.45) is 0.159. The number of hydrogen-bond donors (Lipinski definition) is 1. The number of rotatable bonds is 5. The Balaban J connectivity index is 1.94. The molecule has 0 atom stereocenters. The van der Waals surface area contributed by atoms with E-state index in [-0.39, 0.29) is 18.9 Å². The predicted octanol–water partition coefficient (Wildman–Crippen LogP) is 2.19. The van der Waals surface area contributed by atoms with Crippen LogP contribution in [-0.4, -0.2) is 25.5 Å². The summed E-state index contributed by atoms with van der Waals surface area (Å²) in [5, 5.41) is 2.39. The summed E-state index contributed by atoms with van der Waals surface area (Å²) < 4.78 is 4.86. The van der Waals surface area contributed by atoms with Gasteiger partial charge < -0.3 is 10.1 Å². The van der Waals surface area contributed by atoms with Crippen LogP contribution in [0.15, 0.2) is 54.6 Å². The van der Waals surface area contributed by atoms with Crippen LogP contribution >= 0.6 is 0 Å². The highest BCUT2D eigenvalue weighted by molar-refractivity contribution is 5.81. The lowest BCUT2D eigenvalue weighted by Gasteiger charge is -2.05. The molecule has 0 radical (unpaired) electrons. The molecule has 0 unspecified atom stereocenters. The van der Waals surface area contributed by atoms with Gasteiger partial charge in [-0.3, -0.25) is 9.59 Å². The summed E-state index contributed by atoms with van der Waals surface area (Å²) in [6, 6.07) is 17.7. The Labute approximate surface area is 123 Å². The Hall–Kier alpha value is -2.62. The fourth-order valence-corrected chi connectivity index (χ4v) is 1.88. The van der Waals surface area contributed by atoms with Crippen LogP contribution in [0.1, 0.15) is 5.56 Å². The van der Waals surface area contributed by atoms with E-state index >= 15 is 0 Å². The first-order valence-electron chi connectivity index (χ1n) is 6.69. The Kier molecular flexibility index (Phi) is 5.10. The number of esters is 1. The SMILES string of the molecule is CNC(=O)COC(=O)Cc1ccc(-c2ccccc2)cc1. The summed E-state index contributed by atoms with van der Waals surface area (Å²) in [5.41, 5.74) is 3.08. The molecule has 0 saturated heterocycles. The molecule has 2 rings (SSSR count). The molecule has 0 bridgehead atoms. The van der Waals surface area contributed by atoms with Crippen LogP contribution in [0.3, 0.4) is 0 Å². The minimum atomic E-state index is -0.411. The third-order valence-electron chi connectivity index (χ3n) is 3.05.